The number of hydrogen-bond donors (Lipinski definition) is 2. The number of carbonyl (C=O) groups excluding carboxylic acids is 1. The Balaban J connectivity index is 1.76. The zero-order valence-electron chi connectivity index (χ0n) is 12.7. The van der Waals surface area contributed by atoms with Gasteiger partial charge in [0.25, 0.3) is 5.91 Å². The minimum absolute atomic E-state index is 0.0349. The number of hydrogen-bond acceptors (Lipinski definition) is 4. The molecule has 3 aromatic rings. The van der Waals surface area contributed by atoms with E-state index in [1.165, 1.54) is 6.07 Å². The minimum atomic E-state index is -0.232. The van der Waals surface area contributed by atoms with E-state index in [9.17, 15) is 9.90 Å². The Labute approximate surface area is 133 Å². The molecule has 2 N–H and O–H groups in total. The molecular weight excluding hydrogens is 294 g/mol. The molecule has 0 saturated heterocycles. The fourth-order valence-corrected chi connectivity index (χ4v) is 2.28. The number of phenolic OH excluding ortho intramolecular Hbond substituents is 1. The van der Waals surface area contributed by atoms with Crippen LogP contribution in [0.4, 0.5) is 0 Å². The largest absolute Gasteiger partial charge is 0.507 e. The normalized spacial score (nSPS) is 10.7. The fourth-order valence-electron chi connectivity index (χ4n) is 2.28. The summed E-state index contributed by atoms with van der Waals surface area (Å²) in [4.78, 5) is 25.1. The Morgan fingerprint density at radius 2 is 2.26 bits per heavy atom. The van der Waals surface area contributed by atoms with E-state index < -0.39 is 0 Å². The number of aromatic nitrogens is 4. The third-order valence-electron chi connectivity index (χ3n) is 3.63. The van der Waals surface area contributed by atoms with Crippen LogP contribution >= 0.6 is 0 Å². The van der Waals surface area contributed by atoms with Crippen LogP contribution in [0.5, 0.6) is 5.75 Å². The van der Waals surface area contributed by atoms with E-state index in [1.807, 2.05) is 0 Å². The summed E-state index contributed by atoms with van der Waals surface area (Å²) in [6.07, 6.45) is 9.09. The lowest BCUT2D eigenvalue weighted by Crippen LogP contribution is -2.29. The van der Waals surface area contributed by atoms with Crippen LogP contribution < -0.4 is 0 Å². The highest BCUT2D eigenvalue weighted by molar-refractivity contribution is 5.97. The molecule has 2 aromatic heterocycles. The van der Waals surface area contributed by atoms with Crippen molar-refractivity contribution in [2.75, 3.05) is 13.6 Å². The molecule has 23 heavy (non-hydrogen) atoms. The van der Waals surface area contributed by atoms with Crippen LogP contribution in [0.25, 0.3) is 5.69 Å². The van der Waals surface area contributed by atoms with Gasteiger partial charge in [0, 0.05) is 50.0 Å². The van der Waals surface area contributed by atoms with Crippen molar-refractivity contribution in [1.29, 1.82) is 0 Å². The maximum atomic E-state index is 12.6. The average Bonchev–Trinajstić information content (AvgIpc) is 3.25. The summed E-state index contributed by atoms with van der Waals surface area (Å²) in [6, 6.07) is 4.91. The van der Waals surface area contributed by atoms with Crippen LogP contribution in [-0.2, 0) is 6.42 Å². The molecule has 0 aliphatic carbocycles. The summed E-state index contributed by atoms with van der Waals surface area (Å²) >= 11 is 0. The van der Waals surface area contributed by atoms with Gasteiger partial charge in [-0.05, 0) is 18.2 Å². The van der Waals surface area contributed by atoms with Crippen molar-refractivity contribution in [2.45, 2.75) is 6.42 Å². The van der Waals surface area contributed by atoms with Gasteiger partial charge in [0.05, 0.1) is 18.2 Å². The van der Waals surface area contributed by atoms with Gasteiger partial charge in [-0.25, -0.2) is 9.97 Å². The Bertz CT molecular complexity index is 781. The number of imidazole rings is 2. The number of phenols is 1. The second-order valence-electron chi connectivity index (χ2n) is 5.22. The number of nitrogens with zero attached hydrogens (tertiary/aromatic N) is 4. The van der Waals surface area contributed by atoms with E-state index in [4.69, 9.17) is 0 Å². The van der Waals surface area contributed by atoms with Crippen LogP contribution in [0.1, 0.15) is 16.1 Å². The summed E-state index contributed by atoms with van der Waals surface area (Å²) in [5.41, 5.74) is 2.00. The summed E-state index contributed by atoms with van der Waals surface area (Å²) < 4.78 is 1.78. The molecule has 0 aliphatic heterocycles. The van der Waals surface area contributed by atoms with Gasteiger partial charge in [-0.15, -0.1) is 0 Å². The van der Waals surface area contributed by atoms with Gasteiger partial charge in [-0.2, -0.15) is 0 Å². The highest BCUT2D eigenvalue weighted by Gasteiger charge is 2.17. The molecule has 0 fully saturated rings. The number of likely N-dealkylation sites (N-methyl/N-ethyl adjacent to an activating group) is 1. The van der Waals surface area contributed by atoms with Crippen LogP contribution in [0.3, 0.4) is 0 Å². The van der Waals surface area contributed by atoms with E-state index >= 15 is 0 Å². The number of rotatable bonds is 5. The number of aromatic hydroxyl groups is 1. The molecule has 3 rings (SSSR count). The lowest BCUT2D eigenvalue weighted by atomic mass is 10.1. The maximum Gasteiger partial charge on any atom is 0.257 e. The molecule has 0 radical (unpaired) electrons. The first-order valence-electron chi connectivity index (χ1n) is 7.19. The lowest BCUT2D eigenvalue weighted by Gasteiger charge is -2.18. The summed E-state index contributed by atoms with van der Waals surface area (Å²) in [6.45, 7) is 0.524. The predicted molar refractivity (Wildman–Crippen MR) is 84.5 cm³/mol. The molecule has 0 spiro atoms. The van der Waals surface area contributed by atoms with Gasteiger partial charge in [0.15, 0.2) is 0 Å². The maximum absolute atomic E-state index is 12.6. The second-order valence-corrected chi connectivity index (χ2v) is 5.22. The molecule has 0 aliphatic rings. The first kappa shape index (κ1) is 14.8. The van der Waals surface area contributed by atoms with Crippen molar-refractivity contribution in [3.8, 4) is 11.4 Å². The van der Waals surface area contributed by atoms with Gasteiger partial charge >= 0.3 is 0 Å². The summed E-state index contributed by atoms with van der Waals surface area (Å²) in [5.74, 6) is -0.267. The Morgan fingerprint density at radius 3 is 2.96 bits per heavy atom. The first-order chi connectivity index (χ1) is 11.1. The van der Waals surface area contributed by atoms with Crippen molar-refractivity contribution in [1.82, 2.24) is 24.4 Å². The molecule has 0 unspecified atom stereocenters. The molecule has 7 nitrogen and oxygen atoms in total. The Morgan fingerprint density at radius 1 is 1.39 bits per heavy atom. The van der Waals surface area contributed by atoms with Crippen molar-refractivity contribution in [3.63, 3.8) is 0 Å². The fraction of sp³-hybridized carbons (Fsp3) is 0.188. The van der Waals surface area contributed by atoms with Crippen LogP contribution in [0.2, 0.25) is 0 Å². The first-order valence-corrected chi connectivity index (χ1v) is 7.19. The second kappa shape index (κ2) is 6.35. The van der Waals surface area contributed by atoms with E-state index in [2.05, 4.69) is 15.0 Å². The van der Waals surface area contributed by atoms with Crippen LogP contribution in [0.15, 0.2) is 49.4 Å². The van der Waals surface area contributed by atoms with Crippen molar-refractivity contribution in [2.24, 2.45) is 0 Å². The van der Waals surface area contributed by atoms with E-state index in [1.54, 1.807) is 59.9 Å². The van der Waals surface area contributed by atoms with Crippen LogP contribution in [0, 0.1) is 0 Å². The highest BCUT2D eigenvalue weighted by Crippen LogP contribution is 2.22. The molecule has 0 saturated carbocycles. The number of H-pyrrole nitrogens is 1. The standard InChI is InChI=1S/C16H17N5O2/c1-20(6-4-12-9-18-10-19-12)16(23)14-8-13(2-3-15(14)22)21-7-5-17-11-21/h2-3,5,7-11,22H,4,6H2,1H3,(H,18,19). The third kappa shape index (κ3) is 3.23. The molecule has 0 bridgehead atoms. The molecular formula is C16H17N5O2. The van der Waals surface area contributed by atoms with E-state index in [0.29, 0.717) is 13.0 Å². The number of nitrogens with one attached hydrogen (secondary N) is 1. The Kier molecular flexibility index (Phi) is 4.09. The molecule has 0 atom stereocenters. The van der Waals surface area contributed by atoms with Gasteiger partial charge in [0.1, 0.15) is 5.75 Å². The lowest BCUT2D eigenvalue weighted by molar-refractivity contribution is 0.0793. The topological polar surface area (TPSA) is 87.0 Å². The van der Waals surface area contributed by atoms with Crippen molar-refractivity contribution < 1.29 is 9.90 Å². The number of benzene rings is 1. The summed E-state index contributed by atoms with van der Waals surface area (Å²) in [5, 5.41) is 10.0. The van der Waals surface area contributed by atoms with Crippen molar-refractivity contribution in [3.05, 3.63) is 60.7 Å². The van der Waals surface area contributed by atoms with E-state index in [0.717, 1.165) is 11.4 Å². The van der Waals surface area contributed by atoms with Gasteiger partial charge in [-0.3, -0.25) is 4.79 Å². The Hall–Kier alpha value is -3.09. The quantitative estimate of drug-likeness (QED) is 0.749. The molecule has 118 valence electrons. The number of aromatic amines is 1. The number of carbonyl (C=O) groups is 1. The monoisotopic (exact) mass is 311 g/mol. The minimum Gasteiger partial charge on any atom is -0.507 e. The zero-order chi connectivity index (χ0) is 16.2. The SMILES string of the molecule is CN(CCc1cnc[nH]1)C(=O)c1cc(-n2ccnc2)ccc1O. The van der Waals surface area contributed by atoms with E-state index in [-0.39, 0.29) is 17.2 Å². The average molecular weight is 311 g/mol. The predicted octanol–water partition coefficient (Wildman–Crippen LogP) is 1.62. The summed E-state index contributed by atoms with van der Waals surface area (Å²) in [7, 11) is 1.71. The molecule has 1 amide bonds. The molecule has 1 aromatic carbocycles. The third-order valence-corrected chi connectivity index (χ3v) is 3.63. The molecule has 7 heteroatoms. The smallest absolute Gasteiger partial charge is 0.257 e. The van der Waals surface area contributed by atoms with Gasteiger partial charge in [0.2, 0.25) is 0 Å². The molecule has 2 heterocycles. The number of amides is 1. The van der Waals surface area contributed by atoms with Gasteiger partial charge < -0.3 is 19.6 Å². The zero-order valence-corrected chi connectivity index (χ0v) is 12.7. The van der Waals surface area contributed by atoms with Crippen LogP contribution in [-0.4, -0.2) is 49.0 Å². The van der Waals surface area contributed by atoms with Crippen molar-refractivity contribution >= 4 is 5.91 Å². The van der Waals surface area contributed by atoms with Gasteiger partial charge in [-0.1, -0.05) is 0 Å². The highest BCUT2D eigenvalue weighted by atomic mass is 16.3.